The Hall–Kier alpha value is -0.900. The molecule has 0 saturated carbocycles. The van der Waals surface area contributed by atoms with Crippen LogP contribution in [0.25, 0.3) is 0 Å². The fourth-order valence-corrected chi connectivity index (χ4v) is 4.01. The van der Waals surface area contributed by atoms with Gasteiger partial charge in [-0.05, 0) is 56.8 Å². The van der Waals surface area contributed by atoms with Gasteiger partial charge in [-0.1, -0.05) is 24.3 Å². The first-order valence-corrected chi connectivity index (χ1v) is 8.30. The molecule has 2 aliphatic rings. The Bertz CT molecular complexity index is 476. The Morgan fingerprint density at radius 1 is 1.24 bits per heavy atom. The number of nitrogens with zero attached hydrogens (tertiary/aromatic N) is 2. The van der Waals surface area contributed by atoms with E-state index in [2.05, 4.69) is 48.2 Å². The highest BCUT2D eigenvalue weighted by molar-refractivity contribution is 5.32. The fourth-order valence-electron chi connectivity index (χ4n) is 4.01. The fraction of sp³-hybridized carbons (Fsp3) is 0.667. The molecule has 3 heteroatoms. The molecule has 1 fully saturated rings. The van der Waals surface area contributed by atoms with E-state index in [1.54, 1.807) is 0 Å². The monoisotopic (exact) mass is 288 g/mol. The van der Waals surface area contributed by atoms with E-state index in [-0.39, 0.29) is 12.1 Å². The second kappa shape index (κ2) is 6.47. The molecule has 0 bridgehead atoms. The summed E-state index contributed by atoms with van der Waals surface area (Å²) in [5.41, 5.74) is 2.98. The third-order valence-electron chi connectivity index (χ3n) is 5.36. The molecule has 0 aromatic heterocycles. The molecule has 1 N–H and O–H groups in total. The average molecular weight is 288 g/mol. The van der Waals surface area contributed by atoms with Gasteiger partial charge in [0.05, 0.1) is 6.10 Å². The molecule has 3 unspecified atom stereocenters. The highest BCUT2D eigenvalue weighted by Crippen LogP contribution is 2.35. The summed E-state index contributed by atoms with van der Waals surface area (Å²) in [4.78, 5) is 4.67. The van der Waals surface area contributed by atoms with Crippen LogP contribution in [0.1, 0.15) is 36.3 Å². The summed E-state index contributed by atoms with van der Waals surface area (Å²) >= 11 is 0. The van der Waals surface area contributed by atoms with E-state index in [1.807, 2.05) is 0 Å². The molecule has 3 rings (SSSR count). The summed E-state index contributed by atoms with van der Waals surface area (Å²) < 4.78 is 0. The van der Waals surface area contributed by atoms with Crippen LogP contribution in [0, 0.1) is 0 Å². The lowest BCUT2D eigenvalue weighted by Crippen LogP contribution is -2.55. The molecule has 1 aliphatic carbocycles. The molecule has 21 heavy (non-hydrogen) atoms. The van der Waals surface area contributed by atoms with Crippen LogP contribution in [-0.4, -0.2) is 60.8 Å². The second-order valence-corrected chi connectivity index (χ2v) is 6.90. The second-order valence-electron chi connectivity index (χ2n) is 6.90. The van der Waals surface area contributed by atoms with E-state index in [1.165, 1.54) is 30.4 Å². The summed E-state index contributed by atoms with van der Waals surface area (Å²) in [5, 5.41) is 10.8. The summed E-state index contributed by atoms with van der Waals surface area (Å²) in [5.74, 6) is 0.533. The minimum absolute atomic E-state index is 0.228. The van der Waals surface area contributed by atoms with Crippen LogP contribution in [-0.2, 0) is 6.42 Å². The van der Waals surface area contributed by atoms with Crippen LogP contribution in [0.3, 0.4) is 0 Å². The van der Waals surface area contributed by atoms with E-state index in [4.69, 9.17) is 0 Å². The molecule has 0 amide bonds. The minimum atomic E-state index is -0.228. The van der Waals surface area contributed by atoms with Gasteiger partial charge in [0.25, 0.3) is 0 Å². The Kier molecular flexibility index (Phi) is 4.63. The summed E-state index contributed by atoms with van der Waals surface area (Å²) in [6.45, 7) is 3.14. The van der Waals surface area contributed by atoms with E-state index < -0.39 is 0 Å². The number of hydrogen-bond acceptors (Lipinski definition) is 3. The summed E-state index contributed by atoms with van der Waals surface area (Å²) in [6.07, 6.45) is 4.36. The van der Waals surface area contributed by atoms with Gasteiger partial charge in [0.1, 0.15) is 0 Å². The predicted molar refractivity (Wildman–Crippen MR) is 86.7 cm³/mol. The maximum atomic E-state index is 10.8. The van der Waals surface area contributed by atoms with Crippen molar-refractivity contribution in [3.63, 3.8) is 0 Å². The summed E-state index contributed by atoms with van der Waals surface area (Å²) in [7, 11) is 4.30. The first-order valence-electron chi connectivity index (χ1n) is 8.30. The number of benzene rings is 1. The van der Waals surface area contributed by atoms with Gasteiger partial charge in [-0.2, -0.15) is 0 Å². The lowest BCUT2D eigenvalue weighted by Gasteiger charge is -2.41. The summed E-state index contributed by atoms with van der Waals surface area (Å²) in [6, 6.07) is 9.08. The number of likely N-dealkylation sites (N-methyl/N-ethyl adjacent to an activating group) is 2. The molecule has 1 aromatic carbocycles. The number of rotatable bonds is 3. The van der Waals surface area contributed by atoms with Crippen LogP contribution < -0.4 is 0 Å². The van der Waals surface area contributed by atoms with Crippen molar-refractivity contribution in [2.75, 3.05) is 33.7 Å². The maximum Gasteiger partial charge on any atom is 0.0713 e. The number of piperazine rings is 1. The molecule has 0 spiro atoms. The van der Waals surface area contributed by atoms with Crippen molar-refractivity contribution in [2.24, 2.45) is 0 Å². The Morgan fingerprint density at radius 2 is 2.05 bits per heavy atom. The van der Waals surface area contributed by atoms with Gasteiger partial charge in [-0.25, -0.2) is 0 Å². The molecular weight excluding hydrogens is 260 g/mol. The predicted octanol–water partition coefficient (Wildman–Crippen LogP) is 2.10. The van der Waals surface area contributed by atoms with Crippen molar-refractivity contribution in [1.29, 1.82) is 0 Å². The highest BCUT2D eigenvalue weighted by atomic mass is 16.3. The lowest BCUT2D eigenvalue weighted by molar-refractivity contribution is 0.00676. The van der Waals surface area contributed by atoms with Gasteiger partial charge < -0.3 is 10.0 Å². The van der Waals surface area contributed by atoms with Gasteiger partial charge in [-0.3, -0.25) is 4.90 Å². The average Bonchev–Trinajstić information content (AvgIpc) is 2.50. The van der Waals surface area contributed by atoms with Crippen molar-refractivity contribution in [3.05, 3.63) is 35.4 Å². The van der Waals surface area contributed by atoms with Crippen molar-refractivity contribution in [1.82, 2.24) is 9.80 Å². The Labute approximate surface area is 128 Å². The van der Waals surface area contributed by atoms with E-state index in [0.717, 1.165) is 26.1 Å². The van der Waals surface area contributed by atoms with Gasteiger partial charge in [0, 0.05) is 25.7 Å². The molecule has 1 saturated heterocycles. The number of aryl methyl sites for hydroxylation is 1. The van der Waals surface area contributed by atoms with Gasteiger partial charge in [0.2, 0.25) is 0 Å². The molecule has 1 heterocycles. The van der Waals surface area contributed by atoms with Gasteiger partial charge >= 0.3 is 0 Å². The van der Waals surface area contributed by atoms with Crippen LogP contribution >= 0.6 is 0 Å². The van der Waals surface area contributed by atoms with Crippen molar-refractivity contribution < 1.29 is 5.11 Å². The van der Waals surface area contributed by atoms with Gasteiger partial charge in [0.15, 0.2) is 0 Å². The third kappa shape index (κ3) is 3.31. The van der Waals surface area contributed by atoms with Gasteiger partial charge in [-0.15, -0.1) is 0 Å². The normalized spacial score (nSPS) is 29.1. The first kappa shape index (κ1) is 15.0. The van der Waals surface area contributed by atoms with Crippen molar-refractivity contribution >= 4 is 0 Å². The zero-order valence-electron chi connectivity index (χ0n) is 13.3. The molecule has 1 aliphatic heterocycles. The van der Waals surface area contributed by atoms with Crippen LogP contribution in [0.2, 0.25) is 0 Å². The smallest absolute Gasteiger partial charge is 0.0713 e. The van der Waals surface area contributed by atoms with Crippen LogP contribution in [0.15, 0.2) is 24.3 Å². The van der Waals surface area contributed by atoms with E-state index >= 15 is 0 Å². The molecular formula is C18H28N2O. The van der Waals surface area contributed by atoms with E-state index in [0.29, 0.717) is 5.92 Å². The standard InChI is InChI=1S/C18H28N2O/c1-19-10-11-20(2)17(13-19)18(21)12-15-8-5-7-14-6-3-4-9-16(14)15/h3-4,6,9,15,17-18,21H,5,7-8,10-13H2,1-2H3. The number of hydrogen-bond donors (Lipinski definition) is 1. The third-order valence-corrected chi connectivity index (χ3v) is 5.36. The largest absolute Gasteiger partial charge is 0.391 e. The zero-order chi connectivity index (χ0) is 14.8. The topological polar surface area (TPSA) is 26.7 Å². The SMILES string of the molecule is CN1CCN(C)C(C(O)CC2CCCc3ccccc32)C1. The van der Waals surface area contributed by atoms with Crippen molar-refractivity contribution in [3.8, 4) is 0 Å². The molecule has 1 aromatic rings. The molecule has 3 atom stereocenters. The van der Waals surface area contributed by atoms with Crippen LogP contribution in [0.4, 0.5) is 0 Å². The Morgan fingerprint density at radius 3 is 2.90 bits per heavy atom. The number of aliphatic hydroxyl groups is 1. The molecule has 116 valence electrons. The van der Waals surface area contributed by atoms with Crippen LogP contribution in [0.5, 0.6) is 0 Å². The molecule has 3 nitrogen and oxygen atoms in total. The molecule has 0 radical (unpaired) electrons. The maximum absolute atomic E-state index is 10.8. The van der Waals surface area contributed by atoms with E-state index in [9.17, 15) is 5.11 Å². The first-order chi connectivity index (χ1) is 10.1. The van der Waals surface area contributed by atoms with Crippen molar-refractivity contribution in [2.45, 2.75) is 43.7 Å². The lowest BCUT2D eigenvalue weighted by atomic mass is 9.79. The Balaban J connectivity index is 1.69. The highest BCUT2D eigenvalue weighted by Gasteiger charge is 2.31. The number of aliphatic hydroxyl groups excluding tert-OH is 1. The number of fused-ring (bicyclic) bond motifs is 1. The quantitative estimate of drug-likeness (QED) is 0.923. The zero-order valence-corrected chi connectivity index (χ0v) is 13.3. The minimum Gasteiger partial charge on any atom is -0.391 e.